The summed E-state index contributed by atoms with van der Waals surface area (Å²) in [6.45, 7) is 4.01. The van der Waals surface area contributed by atoms with E-state index in [2.05, 4.69) is 33.1 Å². The van der Waals surface area contributed by atoms with E-state index in [-0.39, 0.29) is 57.0 Å². The summed E-state index contributed by atoms with van der Waals surface area (Å²) in [6, 6.07) is 13.6. The molecule has 0 aliphatic carbocycles. The van der Waals surface area contributed by atoms with Crippen LogP contribution < -0.4 is 40.5 Å². The Labute approximate surface area is 349 Å². The Bertz CT molecular complexity index is 2060. The van der Waals surface area contributed by atoms with Crippen LogP contribution in [-0.4, -0.2) is 125 Å². The van der Waals surface area contributed by atoms with Crippen LogP contribution in [0.25, 0.3) is 0 Å². The second-order valence-corrected chi connectivity index (χ2v) is 16.0. The van der Waals surface area contributed by atoms with E-state index in [1.807, 2.05) is 55.9 Å². The molecule has 0 spiro atoms. The number of hydrogen-bond acceptors (Lipinski definition) is 10. The van der Waals surface area contributed by atoms with Crippen molar-refractivity contribution in [3.63, 3.8) is 0 Å². The summed E-state index contributed by atoms with van der Waals surface area (Å²) in [5.41, 5.74) is 4.34. The van der Waals surface area contributed by atoms with Crippen molar-refractivity contribution in [3.05, 3.63) is 71.3 Å². The van der Waals surface area contributed by atoms with Crippen LogP contribution in [-0.2, 0) is 17.6 Å². The lowest BCUT2D eigenvalue weighted by atomic mass is 9.95. The summed E-state index contributed by atoms with van der Waals surface area (Å²) in [4.78, 5) is 31.3. The van der Waals surface area contributed by atoms with Gasteiger partial charge >= 0.3 is 6.18 Å². The van der Waals surface area contributed by atoms with Crippen LogP contribution in [0.2, 0.25) is 0 Å². The standard InChI is InChI=1S/C44H55F4N7O5/c1-27(2)41-43(58)51-30(25-56)20-28-11-13-32(23-39(28)54(41)4)60-19-17-50-42(57)29-12-14-40(59-5)37(21-29)49-16-7-8-31-22-33-35(52-36-15-18-53(3)24-34(36)45)9-6-10-38(33)55(31)26-44(46,47)48/h6,9-14,21,23,27,30-31,34,36,41,49,52,56H,15-20,22,24-26H2,1-5H3,(H,50,57)(H,51,58)/t30-,31?,34-,36+,41-/m0/s1. The van der Waals surface area contributed by atoms with Crippen LogP contribution in [0, 0.1) is 17.8 Å². The van der Waals surface area contributed by atoms with Crippen molar-refractivity contribution in [2.24, 2.45) is 5.92 Å². The summed E-state index contributed by atoms with van der Waals surface area (Å²) in [6.07, 6.45) is -4.30. The first-order valence-corrected chi connectivity index (χ1v) is 20.3. The number of piperidine rings is 1. The maximum Gasteiger partial charge on any atom is 0.405 e. The van der Waals surface area contributed by atoms with Gasteiger partial charge in [-0.3, -0.25) is 9.59 Å². The second kappa shape index (κ2) is 19.3. The molecule has 1 unspecified atom stereocenters. The van der Waals surface area contributed by atoms with Crippen LogP contribution in [0.4, 0.5) is 40.3 Å². The van der Waals surface area contributed by atoms with Crippen molar-refractivity contribution in [3.8, 4) is 23.3 Å². The average Bonchev–Trinajstić information content (AvgIpc) is 3.54. The number of nitrogens with zero attached hydrogens (tertiary/aromatic N) is 3. The van der Waals surface area contributed by atoms with Crippen LogP contribution in [0.3, 0.4) is 0 Å². The fourth-order valence-electron chi connectivity index (χ4n) is 8.26. The molecule has 16 heteroatoms. The van der Waals surface area contributed by atoms with E-state index in [0.717, 1.165) is 11.3 Å². The maximum absolute atomic E-state index is 14.9. The first kappa shape index (κ1) is 44.2. The van der Waals surface area contributed by atoms with E-state index in [4.69, 9.17) is 9.47 Å². The topological polar surface area (TPSA) is 131 Å². The van der Waals surface area contributed by atoms with E-state index < -0.39 is 43.1 Å². The van der Waals surface area contributed by atoms with Gasteiger partial charge in [-0.25, -0.2) is 4.39 Å². The molecule has 12 nitrogen and oxygen atoms in total. The largest absolute Gasteiger partial charge is 0.495 e. The summed E-state index contributed by atoms with van der Waals surface area (Å²) >= 11 is 0. The number of benzene rings is 3. The molecule has 6 rings (SSSR count). The molecule has 3 aromatic rings. The van der Waals surface area contributed by atoms with Gasteiger partial charge in [-0.15, -0.1) is 0 Å². The molecule has 0 aromatic heterocycles. The lowest BCUT2D eigenvalue weighted by molar-refractivity contribution is -0.124. The van der Waals surface area contributed by atoms with Crippen molar-refractivity contribution < 1.29 is 41.7 Å². The van der Waals surface area contributed by atoms with Crippen LogP contribution >= 0.6 is 0 Å². The number of rotatable bonds is 13. The Morgan fingerprint density at radius 1 is 1.07 bits per heavy atom. The molecule has 3 aliphatic rings. The Morgan fingerprint density at radius 3 is 2.58 bits per heavy atom. The average molecular weight is 838 g/mol. The fourth-order valence-corrected chi connectivity index (χ4v) is 8.26. The molecule has 1 saturated heterocycles. The zero-order chi connectivity index (χ0) is 43.1. The van der Waals surface area contributed by atoms with Gasteiger partial charge in [0.1, 0.15) is 36.9 Å². The first-order valence-electron chi connectivity index (χ1n) is 20.3. The zero-order valence-electron chi connectivity index (χ0n) is 34.7. The highest BCUT2D eigenvalue weighted by atomic mass is 19.4. The lowest BCUT2D eigenvalue weighted by Gasteiger charge is -2.37. The number of anilines is 4. The van der Waals surface area contributed by atoms with Gasteiger partial charge in [0.05, 0.1) is 50.6 Å². The molecule has 0 radical (unpaired) electrons. The number of likely N-dealkylation sites (tertiary alicyclic amines) is 1. The second-order valence-electron chi connectivity index (χ2n) is 16.0. The molecule has 2 amide bonds. The molecule has 5 atom stereocenters. The predicted octanol–water partition coefficient (Wildman–Crippen LogP) is 4.86. The molecule has 3 heterocycles. The molecule has 3 aliphatic heterocycles. The Balaban J connectivity index is 1.06. The number of aliphatic hydroxyl groups is 1. The van der Waals surface area contributed by atoms with Gasteiger partial charge in [-0.1, -0.05) is 37.8 Å². The van der Waals surface area contributed by atoms with Gasteiger partial charge in [-0.05, 0) is 67.8 Å². The SMILES string of the molecule is COc1ccc(C(=O)NCCOc2ccc3c(c2)N(C)[C@@H](C(C)C)C(=O)N[C@H](CO)C3)cc1NCC#CC1Cc2c(N[C@@H]3CCN(C)C[C@@H]3F)cccc2N1CC(F)(F)F. The van der Waals surface area contributed by atoms with E-state index >= 15 is 0 Å². The fraction of sp³-hybridized carbons (Fsp3) is 0.500. The number of amides is 2. The summed E-state index contributed by atoms with van der Waals surface area (Å²) in [5, 5.41) is 22.1. The first-order chi connectivity index (χ1) is 28.6. The van der Waals surface area contributed by atoms with Crippen molar-refractivity contribution in [1.29, 1.82) is 0 Å². The van der Waals surface area contributed by atoms with Crippen molar-refractivity contribution in [2.75, 3.05) is 87.6 Å². The summed E-state index contributed by atoms with van der Waals surface area (Å²) < 4.78 is 67.8. The van der Waals surface area contributed by atoms with Gasteiger partial charge < -0.3 is 50.5 Å². The van der Waals surface area contributed by atoms with Gasteiger partial charge in [0.25, 0.3) is 5.91 Å². The van der Waals surface area contributed by atoms with E-state index in [0.29, 0.717) is 59.1 Å². The van der Waals surface area contributed by atoms with Crippen molar-refractivity contribution >= 4 is 34.6 Å². The number of nitrogens with one attached hydrogen (secondary N) is 4. The van der Waals surface area contributed by atoms with Crippen LogP contribution in [0.1, 0.15) is 41.8 Å². The van der Waals surface area contributed by atoms with Crippen molar-refractivity contribution in [1.82, 2.24) is 15.5 Å². The van der Waals surface area contributed by atoms with Crippen molar-refractivity contribution in [2.45, 2.75) is 69.6 Å². The summed E-state index contributed by atoms with van der Waals surface area (Å²) in [5.74, 6) is 6.52. The lowest BCUT2D eigenvalue weighted by Crippen LogP contribution is -2.54. The van der Waals surface area contributed by atoms with E-state index in [9.17, 15) is 32.3 Å². The number of fused-ring (bicyclic) bond motifs is 2. The number of halogens is 4. The smallest absolute Gasteiger partial charge is 0.405 e. The third kappa shape index (κ3) is 10.7. The highest BCUT2D eigenvalue weighted by Gasteiger charge is 2.39. The molecule has 0 saturated carbocycles. The molecule has 60 heavy (non-hydrogen) atoms. The number of likely N-dealkylation sites (N-methyl/N-ethyl adjacent to an activating group) is 1. The number of carbonyl (C=O) groups excluding carboxylic acids is 2. The normalized spacial score (nSPS) is 21.8. The Morgan fingerprint density at radius 2 is 1.87 bits per heavy atom. The minimum Gasteiger partial charge on any atom is -0.495 e. The third-order valence-corrected chi connectivity index (χ3v) is 11.2. The van der Waals surface area contributed by atoms with Gasteiger partial charge in [0.2, 0.25) is 5.91 Å². The van der Waals surface area contributed by atoms with Gasteiger partial charge in [0.15, 0.2) is 0 Å². The zero-order valence-corrected chi connectivity index (χ0v) is 34.7. The molecule has 324 valence electrons. The number of carbonyl (C=O) groups is 2. The third-order valence-electron chi connectivity index (χ3n) is 11.2. The number of aliphatic hydroxyl groups excluding tert-OH is 1. The number of methoxy groups -OCH3 is 1. The quantitative estimate of drug-likeness (QED) is 0.0926. The minimum atomic E-state index is -4.47. The molecular weight excluding hydrogens is 783 g/mol. The molecular formula is C44H55F4N7O5. The highest BCUT2D eigenvalue weighted by molar-refractivity contribution is 5.95. The van der Waals surface area contributed by atoms with E-state index in [1.165, 1.54) is 12.0 Å². The minimum absolute atomic E-state index is 0.00895. The molecule has 5 N–H and O–H groups in total. The van der Waals surface area contributed by atoms with Gasteiger partial charge in [0, 0.05) is 60.8 Å². The number of alkyl halides is 4. The molecule has 0 bridgehead atoms. The monoisotopic (exact) mass is 837 g/mol. The molecule has 3 aromatic carbocycles. The number of hydrogen-bond donors (Lipinski definition) is 5. The van der Waals surface area contributed by atoms with E-state index in [1.54, 1.807) is 36.4 Å². The van der Waals surface area contributed by atoms with Crippen LogP contribution in [0.5, 0.6) is 11.5 Å². The highest BCUT2D eigenvalue weighted by Crippen LogP contribution is 2.39. The van der Waals surface area contributed by atoms with Gasteiger partial charge in [-0.2, -0.15) is 13.2 Å². The molecule has 1 fully saturated rings. The Kier molecular flexibility index (Phi) is 14.2. The maximum atomic E-state index is 14.9. The summed E-state index contributed by atoms with van der Waals surface area (Å²) in [7, 11) is 5.21. The predicted molar refractivity (Wildman–Crippen MR) is 225 cm³/mol. The number of ether oxygens (including phenoxy) is 2. The van der Waals surface area contributed by atoms with Crippen LogP contribution in [0.15, 0.2) is 54.6 Å². The Hall–Kier alpha value is -5.40.